The number of rotatable bonds is 20. The molecule has 1 amide bonds. The van der Waals surface area contributed by atoms with Gasteiger partial charge in [-0.25, -0.2) is 14.0 Å². The minimum Gasteiger partial charge on any atom is -0.493 e. The Balaban J connectivity index is 0.000000504. The van der Waals surface area contributed by atoms with Crippen molar-refractivity contribution in [3.8, 4) is 17.2 Å². The van der Waals surface area contributed by atoms with E-state index in [2.05, 4.69) is 10.2 Å². The molecule has 2 atom stereocenters. The molecule has 1 aliphatic carbocycles. The molecule has 1 fully saturated rings. The number of hydrogen-bond donors (Lipinski definition) is 1. The van der Waals surface area contributed by atoms with Crippen molar-refractivity contribution in [2.24, 2.45) is 5.92 Å². The summed E-state index contributed by atoms with van der Waals surface area (Å²) in [5.74, 6) is 0.297. The van der Waals surface area contributed by atoms with E-state index in [0.717, 1.165) is 12.2 Å². The van der Waals surface area contributed by atoms with Gasteiger partial charge in [-0.3, -0.25) is 9.18 Å². The molecule has 3 aromatic carbocycles. The number of alkyl halides is 2. The van der Waals surface area contributed by atoms with E-state index in [1.807, 2.05) is 55.5 Å². The number of methoxy groups -OCH3 is 1. The number of para-hydroxylation sites is 1. The molecule has 12 nitrogen and oxygen atoms in total. The zero-order valence-electron chi connectivity index (χ0n) is 33.5. The number of allylic oxidation sites excluding steroid dienone is 3. The summed E-state index contributed by atoms with van der Waals surface area (Å²) >= 11 is 0. The lowest BCUT2D eigenvalue weighted by Crippen LogP contribution is -2.40. The molecule has 314 valence electrons. The van der Waals surface area contributed by atoms with Gasteiger partial charge in [0, 0.05) is 12.5 Å². The number of unbranched alkanes of at least 4 members (excludes halogenated alkanes) is 1. The molecular formula is C44H54F2N2O10. The standard InChI is InChI=1S/C28H32N2O9.C15H19FO.CH3F/c1-4-5-6-7-8-26(31)29-20(2)28(33)39-24-15-13-21(17-25(24)36-3)14-16-27(32)37-18-22-9-11-23(12-10-22)19-38-30(34)35;16-14(11-10-13-6-4-5-7-13)12-17-15-8-2-1-3-9-15;1-2/h4-5,9-17,20H,6-8,18-19H2,1-3H3,(H,29,31);1-3,8-11,13-14H,4-7,12H2;1H3/b5-4-,16-14+;11-10+;. The highest BCUT2D eigenvalue weighted by atomic mass is 19.1. The van der Waals surface area contributed by atoms with E-state index in [4.69, 9.17) is 18.9 Å². The maximum atomic E-state index is 13.5. The monoisotopic (exact) mass is 808 g/mol. The number of carbonyl (C=O) groups excluding carboxylic acids is 3. The molecule has 3 aromatic rings. The van der Waals surface area contributed by atoms with Crippen molar-refractivity contribution in [2.45, 2.75) is 84.2 Å². The van der Waals surface area contributed by atoms with Crippen LogP contribution in [0, 0.1) is 16.0 Å². The van der Waals surface area contributed by atoms with Crippen molar-refractivity contribution in [2.75, 3.05) is 20.9 Å². The smallest absolute Gasteiger partial charge is 0.333 e. The van der Waals surface area contributed by atoms with E-state index >= 15 is 0 Å². The molecular weight excluding hydrogens is 754 g/mol. The van der Waals surface area contributed by atoms with E-state index in [9.17, 15) is 33.3 Å². The van der Waals surface area contributed by atoms with E-state index in [0.29, 0.717) is 42.6 Å². The second-order valence-corrected chi connectivity index (χ2v) is 12.9. The number of hydrogen-bond acceptors (Lipinski definition) is 10. The lowest BCUT2D eigenvalue weighted by molar-refractivity contribution is -0.763. The van der Waals surface area contributed by atoms with E-state index in [-0.39, 0.29) is 37.2 Å². The van der Waals surface area contributed by atoms with Crippen LogP contribution in [-0.2, 0) is 37.2 Å². The van der Waals surface area contributed by atoms with Crippen LogP contribution in [0.2, 0.25) is 0 Å². The third-order valence-electron chi connectivity index (χ3n) is 8.44. The summed E-state index contributed by atoms with van der Waals surface area (Å²) in [5.41, 5.74) is 1.91. The Bertz CT molecular complexity index is 1760. The quantitative estimate of drug-likeness (QED) is 0.0223. The first-order chi connectivity index (χ1) is 28.1. The zero-order valence-corrected chi connectivity index (χ0v) is 33.5. The van der Waals surface area contributed by atoms with Crippen molar-refractivity contribution in [1.82, 2.24) is 5.32 Å². The minimum atomic E-state index is -1.00. The van der Waals surface area contributed by atoms with Gasteiger partial charge in [-0.05, 0) is 92.5 Å². The topological polar surface area (TPSA) is 153 Å². The van der Waals surface area contributed by atoms with Crippen LogP contribution < -0.4 is 19.5 Å². The van der Waals surface area contributed by atoms with Crippen molar-refractivity contribution >= 4 is 23.9 Å². The second kappa shape index (κ2) is 28.4. The van der Waals surface area contributed by atoms with Crippen LogP contribution in [0.3, 0.4) is 0 Å². The Morgan fingerprint density at radius 2 is 1.64 bits per heavy atom. The van der Waals surface area contributed by atoms with Crippen LogP contribution in [0.5, 0.6) is 17.2 Å². The first kappa shape index (κ1) is 48.1. The first-order valence-electron chi connectivity index (χ1n) is 18.9. The molecule has 1 saturated carbocycles. The van der Waals surface area contributed by atoms with Gasteiger partial charge in [0.1, 0.15) is 31.6 Å². The first-order valence-corrected chi connectivity index (χ1v) is 18.9. The summed E-state index contributed by atoms with van der Waals surface area (Å²) in [6, 6.07) is 19.9. The number of carbonyl (C=O) groups is 3. The number of nitrogens with one attached hydrogen (secondary N) is 1. The van der Waals surface area contributed by atoms with Gasteiger partial charge in [0.25, 0.3) is 5.09 Å². The lowest BCUT2D eigenvalue weighted by atomic mass is 10.1. The van der Waals surface area contributed by atoms with Crippen molar-refractivity contribution in [3.05, 3.63) is 130 Å². The number of benzene rings is 3. The van der Waals surface area contributed by atoms with Gasteiger partial charge in [0.15, 0.2) is 17.7 Å². The zero-order chi connectivity index (χ0) is 42.5. The van der Waals surface area contributed by atoms with Crippen molar-refractivity contribution < 1.29 is 52.0 Å². The predicted octanol–water partition coefficient (Wildman–Crippen LogP) is 9.05. The van der Waals surface area contributed by atoms with Crippen LogP contribution in [0.4, 0.5) is 8.78 Å². The molecule has 0 spiro atoms. The molecule has 0 aliphatic heterocycles. The third-order valence-corrected chi connectivity index (χ3v) is 8.44. The molecule has 1 N–H and O–H groups in total. The Kier molecular flexibility index (Phi) is 23.5. The summed E-state index contributed by atoms with van der Waals surface area (Å²) in [5, 5.41) is 12.0. The van der Waals surface area contributed by atoms with Crippen molar-refractivity contribution in [3.63, 3.8) is 0 Å². The van der Waals surface area contributed by atoms with Gasteiger partial charge in [-0.1, -0.05) is 85.7 Å². The summed E-state index contributed by atoms with van der Waals surface area (Å²) in [6.07, 6.45) is 16.1. The number of ether oxygens (including phenoxy) is 4. The van der Waals surface area contributed by atoms with Crippen LogP contribution in [0.25, 0.3) is 6.08 Å². The summed E-state index contributed by atoms with van der Waals surface area (Å²) in [7, 11) is 1.92. The summed E-state index contributed by atoms with van der Waals surface area (Å²) < 4.78 is 44.3. The third kappa shape index (κ3) is 20.2. The Labute approximate surface area is 339 Å². The number of nitrogens with zero attached hydrogens (tertiary/aromatic N) is 1. The van der Waals surface area contributed by atoms with Crippen LogP contribution in [0.1, 0.15) is 75.5 Å². The predicted molar refractivity (Wildman–Crippen MR) is 217 cm³/mol. The highest BCUT2D eigenvalue weighted by molar-refractivity contribution is 5.87. The van der Waals surface area contributed by atoms with Crippen molar-refractivity contribution in [1.29, 1.82) is 0 Å². The fourth-order valence-corrected chi connectivity index (χ4v) is 5.39. The second-order valence-electron chi connectivity index (χ2n) is 12.9. The van der Waals surface area contributed by atoms with Gasteiger partial charge < -0.3 is 29.1 Å². The summed E-state index contributed by atoms with van der Waals surface area (Å²) in [4.78, 5) is 51.1. The molecule has 1 aliphatic rings. The number of halogens is 2. The molecule has 0 aromatic heterocycles. The Morgan fingerprint density at radius 3 is 2.28 bits per heavy atom. The average molecular weight is 809 g/mol. The van der Waals surface area contributed by atoms with Crippen LogP contribution >= 0.6 is 0 Å². The van der Waals surface area contributed by atoms with Crippen LogP contribution in [-0.4, -0.2) is 56.0 Å². The Morgan fingerprint density at radius 1 is 0.966 bits per heavy atom. The average Bonchev–Trinajstić information content (AvgIpc) is 3.77. The molecule has 58 heavy (non-hydrogen) atoms. The maximum absolute atomic E-state index is 13.5. The number of esters is 2. The minimum absolute atomic E-state index is 0.0161. The largest absolute Gasteiger partial charge is 0.493 e. The van der Waals surface area contributed by atoms with Gasteiger partial charge in [-0.15, -0.1) is 10.1 Å². The molecule has 0 radical (unpaired) electrons. The van der Waals surface area contributed by atoms with Gasteiger partial charge in [0.2, 0.25) is 5.91 Å². The lowest BCUT2D eigenvalue weighted by Gasteiger charge is -2.15. The molecule has 0 saturated heterocycles. The molecule has 14 heteroatoms. The molecule has 4 rings (SSSR count). The van der Waals surface area contributed by atoms with E-state index in [1.54, 1.807) is 49.4 Å². The van der Waals surface area contributed by atoms with E-state index in [1.165, 1.54) is 51.0 Å². The number of amides is 1. The maximum Gasteiger partial charge on any atom is 0.333 e. The fraction of sp³-hybridized carbons (Fsp3) is 0.386. The SMILES string of the molecule is C/C=C\CCCC(=O)NC(C)C(=O)Oc1ccc(/C=C/C(=O)OCc2ccc(CO[N+](=O)[O-])cc2)cc1OC.CF.FC(/C=C/C1CCCC1)COc1ccccc1. The van der Waals surface area contributed by atoms with Gasteiger partial charge in [-0.2, -0.15) is 0 Å². The Hall–Kier alpha value is -6.05. The highest BCUT2D eigenvalue weighted by Crippen LogP contribution is 2.29. The molecule has 0 bridgehead atoms. The van der Waals surface area contributed by atoms with Gasteiger partial charge in [0.05, 0.1) is 14.3 Å². The highest BCUT2D eigenvalue weighted by Gasteiger charge is 2.19. The van der Waals surface area contributed by atoms with E-state index < -0.39 is 29.2 Å². The van der Waals surface area contributed by atoms with Gasteiger partial charge >= 0.3 is 11.9 Å². The fourth-order valence-electron chi connectivity index (χ4n) is 5.39. The molecule has 2 unspecified atom stereocenters. The normalized spacial score (nSPS) is 13.4. The van der Waals surface area contributed by atoms with Crippen LogP contribution in [0.15, 0.2) is 103 Å². The summed E-state index contributed by atoms with van der Waals surface area (Å²) in [6.45, 7) is 3.41. The molecule has 0 heterocycles.